The Bertz CT molecular complexity index is 403. The first-order chi connectivity index (χ1) is 8.71. The van der Waals surface area contributed by atoms with E-state index >= 15 is 0 Å². The van der Waals surface area contributed by atoms with Crippen molar-refractivity contribution < 1.29 is 13.9 Å². The zero-order chi connectivity index (χ0) is 13.0. The van der Waals surface area contributed by atoms with Gasteiger partial charge < -0.3 is 15.2 Å². The van der Waals surface area contributed by atoms with Gasteiger partial charge in [0, 0.05) is 12.1 Å². The van der Waals surface area contributed by atoms with E-state index in [0.29, 0.717) is 12.1 Å². The Morgan fingerprint density at radius 1 is 1.33 bits per heavy atom. The molecular formula is C14H20FNO2. The standard InChI is InChI=1S/C14H20FNO2/c1-17-12-6-4-5-11(13(12)15)9-18-14(10-16)7-2-3-8-14/h4-6H,2-3,7-10,16H2,1H3. The fourth-order valence-corrected chi connectivity index (χ4v) is 2.48. The Kier molecular flexibility index (Phi) is 4.19. The lowest BCUT2D eigenvalue weighted by molar-refractivity contribution is -0.0459. The van der Waals surface area contributed by atoms with Crippen molar-refractivity contribution in [2.45, 2.75) is 37.9 Å². The van der Waals surface area contributed by atoms with Crippen molar-refractivity contribution in [3.8, 4) is 5.75 Å². The van der Waals surface area contributed by atoms with E-state index in [1.807, 2.05) is 0 Å². The number of halogens is 1. The lowest BCUT2D eigenvalue weighted by Gasteiger charge is -2.27. The molecule has 1 aromatic carbocycles. The van der Waals surface area contributed by atoms with Gasteiger partial charge >= 0.3 is 0 Å². The van der Waals surface area contributed by atoms with Gasteiger partial charge in [-0.15, -0.1) is 0 Å². The molecule has 100 valence electrons. The predicted octanol–water partition coefficient (Wildman–Crippen LogP) is 2.62. The second kappa shape index (κ2) is 5.67. The van der Waals surface area contributed by atoms with Crippen LogP contribution in [0.4, 0.5) is 4.39 Å². The average Bonchev–Trinajstić information content (AvgIpc) is 2.87. The second-order valence-electron chi connectivity index (χ2n) is 4.82. The maximum Gasteiger partial charge on any atom is 0.170 e. The molecule has 2 rings (SSSR count). The third-order valence-corrected chi connectivity index (χ3v) is 3.68. The van der Waals surface area contributed by atoms with E-state index in [9.17, 15) is 4.39 Å². The van der Waals surface area contributed by atoms with Crippen LogP contribution in [0.5, 0.6) is 5.75 Å². The molecule has 1 saturated carbocycles. The zero-order valence-electron chi connectivity index (χ0n) is 10.7. The Morgan fingerprint density at radius 2 is 2.06 bits per heavy atom. The summed E-state index contributed by atoms with van der Waals surface area (Å²) in [6.07, 6.45) is 4.21. The molecule has 0 aliphatic heterocycles. The van der Waals surface area contributed by atoms with Gasteiger partial charge in [-0.3, -0.25) is 0 Å². The molecule has 0 radical (unpaired) electrons. The Hall–Kier alpha value is -1.13. The van der Waals surface area contributed by atoms with Crippen molar-refractivity contribution in [2.24, 2.45) is 5.73 Å². The minimum Gasteiger partial charge on any atom is -0.494 e. The Morgan fingerprint density at radius 3 is 2.67 bits per heavy atom. The van der Waals surface area contributed by atoms with E-state index in [-0.39, 0.29) is 23.8 Å². The summed E-state index contributed by atoms with van der Waals surface area (Å²) in [5.41, 5.74) is 6.05. The van der Waals surface area contributed by atoms with E-state index < -0.39 is 0 Å². The van der Waals surface area contributed by atoms with Crippen molar-refractivity contribution >= 4 is 0 Å². The first kappa shape index (κ1) is 13.3. The molecule has 0 unspecified atom stereocenters. The number of hydrogen-bond donors (Lipinski definition) is 1. The van der Waals surface area contributed by atoms with Gasteiger partial charge in [0.2, 0.25) is 0 Å². The fourth-order valence-electron chi connectivity index (χ4n) is 2.48. The highest BCUT2D eigenvalue weighted by atomic mass is 19.1. The predicted molar refractivity (Wildman–Crippen MR) is 68.0 cm³/mol. The van der Waals surface area contributed by atoms with E-state index in [1.165, 1.54) is 7.11 Å². The molecule has 18 heavy (non-hydrogen) atoms. The minimum atomic E-state index is -0.342. The molecule has 1 fully saturated rings. The van der Waals surface area contributed by atoms with Gasteiger partial charge in [0.05, 0.1) is 19.3 Å². The fraction of sp³-hybridized carbons (Fsp3) is 0.571. The third-order valence-electron chi connectivity index (χ3n) is 3.68. The lowest BCUT2D eigenvalue weighted by atomic mass is 10.0. The zero-order valence-corrected chi connectivity index (χ0v) is 10.7. The molecule has 0 amide bonds. The molecule has 1 aliphatic carbocycles. The number of benzene rings is 1. The normalized spacial score (nSPS) is 17.9. The molecule has 0 aromatic heterocycles. The molecule has 0 heterocycles. The minimum absolute atomic E-state index is 0.250. The van der Waals surface area contributed by atoms with Crippen molar-refractivity contribution in [3.63, 3.8) is 0 Å². The van der Waals surface area contributed by atoms with Crippen LogP contribution in [0.15, 0.2) is 18.2 Å². The van der Waals surface area contributed by atoms with Gasteiger partial charge in [-0.25, -0.2) is 4.39 Å². The summed E-state index contributed by atoms with van der Waals surface area (Å²) in [6.45, 7) is 0.749. The first-order valence-electron chi connectivity index (χ1n) is 6.36. The molecule has 1 aromatic rings. The molecule has 4 heteroatoms. The smallest absolute Gasteiger partial charge is 0.170 e. The van der Waals surface area contributed by atoms with Crippen LogP contribution in [0.3, 0.4) is 0 Å². The van der Waals surface area contributed by atoms with Crippen LogP contribution in [0, 0.1) is 5.82 Å². The van der Waals surface area contributed by atoms with E-state index in [1.54, 1.807) is 18.2 Å². The number of methoxy groups -OCH3 is 1. The Labute approximate surface area is 107 Å². The van der Waals surface area contributed by atoms with Crippen LogP contribution in [-0.4, -0.2) is 19.3 Å². The average molecular weight is 253 g/mol. The number of ether oxygens (including phenoxy) is 2. The van der Waals surface area contributed by atoms with Gasteiger partial charge in [-0.1, -0.05) is 25.0 Å². The molecule has 1 aliphatic rings. The van der Waals surface area contributed by atoms with Crippen LogP contribution in [-0.2, 0) is 11.3 Å². The highest BCUT2D eigenvalue weighted by Gasteiger charge is 2.33. The molecule has 0 spiro atoms. The molecule has 0 saturated heterocycles. The van der Waals surface area contributed by atoms with Crippen LogP contribution in [0.1, 0.15) is 31.2 Å². The quantitative estimate of drug-likeness (QED) is 0.877. The summed E-state index contributed by atoms with van der Waals surface area (Å²) < 4.78 is 24.8. The summed E-state index contributed by atoms with van der Waals surface area (Å²) >= 11 is 0. The van der Waals surface area contributed by atoms with Crippen molar-refractivity contribution in [2.75, 3.05) is 13.7 Å². The SMILES string of the molecule is COc1cccc(COC2(CN)CCCC2)c1F. The van der Waals surface area contributed by atoms with Gasteiger partial charge in [0.15, 0.2) is 11.6 Å². The lowest BCUT2D eigenvalue weighted by Crippen LogP contribution is -2.37. The largest absolute Gasteiger partial charge is 0.494 e. The number of hydrogen-bond acceptors (Lipinski definition) is 3. The molecular weight excluding hydrogens is 233 g/mol. The van der Waals surface area contributed by atoms with Crippen LogP contribution in [0.25, 0.3) is 0 Å². The Balaban J connectivity index is 2.05. The third kappa shape index (κ3) is 2.65. The summed E-state index contributed by atoms with van der Waals surface area (Å²) in [6, 6.07) is 5.09. The van der Waals surface area contributed by atoms with Crippen LogP contribution in [0.2, 0.25) is 0 Å². The van der Waals surface area contributed by atoms with E-state index in [4.69, 9.17) is 15.2 Å². The molecule has 0 bridgehead atoms. The van der Waals surface area contributed by atoms with E-state index in [2.05, 4.69) is 0 Å². The van der Waals surface area contributed by atoms with Crippen molar-refractivity contribution in [3.05, 3.63) is 29.6 Å². The van der Waals surface area contributed by atoms with Gasteiger partial charge in [-0.2, -0.15) is 0 Å². The highest BCUT2D eigenvalue weighted by Crippen LogP contribution is 2.33. The topological polar surface area (TPSA) is 44.5 Å². The van der Waals surface area contributed by atoms with Crippen molar-refractivity contribution in [1.29, 1.82) is 0 Å². The highest BCUT2D eigenvalue weighted by molar-refractivity contribution is 5.30. The number of nitrogens with two attached hydrogens (primary N) is 1. The van der Waals surface area contributed by atoms with Crippen LogP contribution < -0.4 is 10.5 Å². The maximum absolute atomic E-state index is 13.9. The van der Waals surface area contributed by atoms with E-state index in [0.717, 1.165) is 25.7 Å². The van der Waals surface area contributed by atoms with Crippen LogP contribution >= 0.6 is 0 Å². The molecule has 2 N–H and O–H groups in total. The number of rotatable bonds is 5. The molecule has 0 atom stereocenters. The van der Waals surface area contributed by atoms with Gasteiger partial charge in [0.25, 0.3) is 0 Å². The summed E-state index contributed by atoms with van der Waals surface area (Å²) in [4.78, 5) is 0. The van der Waals surface area contributed by atoms with Gasteiger partial charge in [-0.05, 0) is 18.9 Å². The maximum atomic E-state index is 13.9. The van der Waals surface area contributed by atoms with Gasteiger partial charge in [0.1, 0.15) is 0 Å². The monoisotopic (exact) mass is 253 g/mol. The first-order valence-corrected chi connectivity index (χ1v) is 6.36. The second-order valence-corrected chi connectivity index (χ2v) is 4.82. The summed E-state index contributed by atoms with van der Waals surface area (Å²) in [7, 11) is 1.46. The summed E-state index contributed by atoms with van der Waals surface area (Å²) in [5, 5.41) is 0. The molecule has 3 nitrogen and oxygen atoms in total. The van der Waals surface area contributed by atoms with Crippen molar-refractivity contribution in [1.82, 2.24) is 0 Å². The summed E-state index contributed by atoms with van der Waals surface area (Å²) in [5.74, 6) is -0.0884.